The molecule has 0 saturated carbocycles. The van der Waals surface area contributed by atoms with Gasteiger partial charge in [0.15, 0.2) is 11.5 Å². The Morgan fingerprint density at radius 2 is 1.88 bits per heavy atom. The Labute approximate surface area is 142 Å². The summed E-state index contributed by atoms with van der Waals surface area (Å²) < 4.78 is 11.0. The van der Waals surface area contributed by atoms with Crippen molar-refractivity contribution >= 4 is 11.7 Å². The third kappa shape index (κ3) is 4.10. The van der Waals surface area contributed by atoms with Gasteiger partial charge >= 0.3 is 6.03 Å². The number of hydrogen-bond acceptors (Lipinski definition) is 5. The van der Waals surface area contributed by atoms with Crippen molar-refractivity contribution in [3.8, 4) is 11.5 Å². The van der Waals surface area contributed by atoms with E-state index in [9.17, 15) is 4.79 Å². The predicted molar refractivity (Wildman–Crippen MR) is 92.4 cm³/mol. The molecule has 2 heterocycles. The average Bonchev–Trinajstić information content (AvgIpc) is 2.90. The van der Waals surface area contributed by atoms with Gasteiger partial charge in [-0.15, -0.1) is 0 Å². The lowest BCUT2D eigenvalue weighted by molar-refractivity contribution is 0.171. The molecule has 2 unspecified atom stereocenters. The molecule has 2 amide bonds. The fraction of sp³-hybridized carbons (Fsp3) is 0.588. The molecule has 0 aromatic heterocycles. The molecular weight excluding hydrogens is 308 g/mol. The molecule has 1 aromatic carbocycles. The maximum atomic E-state index is 12.0. The number of carbonyl (C=O) groups excluding carboxylic acids is 1. The van der Waals surface area contributed by atoms with Gasteiger partial charge in [0.2, 0.25) is 0 Å². The topological polar surface area (TPSA) is 83.7 Å². The standard InChI is InChI=1S/C17H26N4O3/c1-11-14(12(2)21-20-11)4-3-7-18-17(22)19-13-5-6-15-16(10-13)24-9-8-23-15/h5-6,10-12,14,20-21H,3-4,7-9H2,1-2H3,(H2,18,19,22). The number of anilines is 1. The van der Waals surface area contributed by atoms with Gasteiger partial charge in [-0.3, -0.25) is 10.9 Å². The summed E-state index contributed by atoms with van der Waals surface area (Å²) in [5, 5.41) is 5.73. The van der Waals surface area contributed by atoms with Gasteiger partial charge in [-0.2, -0.15) is 0 Å². The van der Waals surface area contributed by atoms with E-state index in [-0.39, 0.29) is 6.03 Å². The van der Waals surface area contributed by atoms with Gasteiger partial charge in [-0.1, -0.05) is 0 Å². The summed E-state index contributed by atoms with van der Waals surface area (Å²) in [4.78, 5) is 12.0. The van der Waals surface area contributed by atoms with Gasteiger partial charge in [-0.25, -0.2) is 4.79 Å². The third-order valence-electron chi connectivity index (χ3n) is 4.62. The van der Waals surface area contributed by atoms with Crippen molar-refractivity contribution in [2.75, 3.05) is 25.1 Å². The van der Waals surface area contributed by atoms with Gasteiger partial charge in [0, 0.05) is 30.4 Å². The minimum Gasteiger partial charge on any atom is -0.486 e. The Morgan fingerprint density at radius 1 is 1.17 bits per heavy atom. The number of rotatable bonds is 5. The summed E-state index contributed by atoms with van der Waals surface area (Å²) in [5.41, 5.74) is 7.21. The molecule has 0 aliphatic carbocycles. The van der Waals surface area contributed by atoms with Crippen molar-refractivity contribution in [3.63, 3.8) is 0 Å². The zero-order valence-corrected chi connectivity index (χ0v) is 14.2. The number of fused-ring (bicyclic) bond motifs is 1. The summed E-state index contributed by atoms with van der Waals surface area (Å²) in [5.74, 6) is 1.98. The molecule has 3 rings (SSSR count). The number of ether oxygens (including phenoxy) is 2. The van der Waals surface area contributed by atoms with Crippen LogP contribution in [0.25, 0.3) is 0 Å². The van der Waals surface area contributed by atoms with E-state index >= 15 is 0 Å². The number of nitrogens with one attached hydrogen (secondary N) is 4. The molecule has 7 nitrogen and oxygen atoms in total. The largest absolute Gasteiger partial charge is 0.486 e. The normalized spacial score (nSPS) is 25.3. The van der Waals surface area contributed by atoms with Crippen LogP contribution in [0.3, 0.4) is 0 Å². The molecule has 2 aliphatic heterocycles. The molecule has 0 bridgehead atoms. The number of carbonyl (C=O) groups is 1. The lowest BCUT2D eigenvalue weighted by atomic mass is 9.92. The Balaban J connectivity index is 1.40. The van der Waals surface area contributed by atoms with E-state index in [0.29, 0.717) is 54.9 Å². The zero-order chi connectivity index (χ0) is 16.9. The first kappa shape index (κ1) is 16.9. The second-order valence-corrected chi connectivity index (χ2v) is 6.41. The summed E-state index contributed by atoms with van der Waals surface area (Å²) in [6.07, 6.45) is 2.03. The van der Waals surface area contributed by atoms with E-state index in [1.165, 1.54) is 0 Å². The van der Waals surface area contributed by atoms with E-state index in [0.717, 1.165) is 12.8 Å². The van der Waals surface area contributed by atoms with Crippen molar-refractivity contribution in [1.29, 1.82) is 0 Å². The molecule has 132 valence electrons. The van der Waals surface area contributed by atoms with Crippen molar-refractivity contribution in [2.45, 2.75) is 38.8 Å². The van der Waals surface area contributed by atoms with Crippen LogP contribution < -0.4 is 31.0 Å². The van der Waals surface area contributed by atoms with Gasteiger partial charge in [-0.05, 0) is 44.7 Å². The van der Waals surface area contributed by atoms with Crippen molar-refractivity contribution < 1.29 is 14.3 Å². The average molecular weight is 334 g/mol. The first-order chi connectivity index (χ1) is 11.6. The lowest BCUT2D eigenvalue weighted by Crippen LogP contribution is -2.31. The minimum atomic E-state index is -0.199. The smallest absolute Gasteiger partial charge is 0.319 e. The van der Waals surface area contributed by atoms with Crippen LogP contribution in [0.2, 0.25) is 0 Å². The molecular formula is C17H26N4O3. The number of benzene rings is 1. The maximum Gasteiger partial charge on any atom is 0.319 e. The monoisotopic (exact) mass is 334 g/mol. The number of amides is 2. The van der Waals surface area contributed by atoms with Crippen LogP contribution >= 0.6 is 0 Å². The second-order valence-electron chi connectivity index (χ2n) is 6.41. The summed E-state index contributed by atoms with van der Waals surface area (Å²) in [7, 11) is 0. The van der Waals surface area contributed by atoms with Crippen molar-refractivity contribution in [2.24, 2.45) is 5.92 Å². The zero-order valence-electron chi connectivity index (χ0n) is 14.2. The van der Waals surface area contributed by atoms with Gasteiger partial charge < -0.3 is 20.1 Å². The Hall–Kier alpha value is -1.99. The highest BCUT2D eigenvalue weighted by atomic mass is 16.6. The van der Waals surface area contributed by atoms with E-state index in [1.807, 2.05) is 12.1 Å². The minimum absolute atomic E-state index is 0.199. The van der Waals surface area contributed by atoms with Crippen LogP contribution in [0, 0.1) is 5.92 Å². The van der Waals surface area contributed by atoms with Crippen LogP contribution in [0.15, 0.2) is 18.2 Å². The molecule has 0 spiro atoms. The highest BCUT2D eigenvalue weighted by Crippen LogP contribution is 2.32. The lowest BCUT2D eigenvalue weighted by Gasteiger charge is -2.19. The SMILES string of the molecule is CC1NNC(C)C1CCCNC(=O)Nc1ccc2c(c1)OCCO2. The fourth-order valence-electron chi connectivity index (χ4n) is 3.25. The van der Waals surface area contributed by atoms with E-state index in [1.54, 1.807) is 6.07 Å². The third-order valence-corrected chi connectivity index (χ3v) is 4.62. The Bertz CT molecular complexity index is 571. The summed E-state index contributed by atoms with van der Waals surface area (Å²) in [6, 6.07) is 6.14. The molecule has 7 heteroatoms. The molecule has 1 fully saturated rings. The quantitative estimate of drug-likeness (QED) is 0.618. The number of hydrazine groups is 1. The Kier molecular flexibility index (Phi) is 5.42. The predicted octanol–water partition coefficient (Wildman–Crippen LogP) is 1.86. The van der Waals surface area contributed by atoms with Crippen LogP contribution in [-0.4, -0.2) is 37.9 Å². The summed E-state index contributed by atoms with van der Waals surface area (Å²) >= 11 is 0. The molecule has 2 aliphatic rings. The molecule has 4 N–H and O–H groups in total. The van der Waals surface area contributed by atoms with E-state index in [2.05, 4.69) is 35.3 Å². The fourth-order valence-corrected chi connectivity index (χ4v) is 3.25. The van der Waals surface area contributed by atoms with Crippen LogP contribution in [0.1, 0.15) is 26.7 Å². The molecule has 2 atom stereocenters. The highest BCUT2D eigenvalue weighted by Gasteiger charge is 2.28. The van der Waals surface area contributed by atoms with Crippen molar-refractivity contribution in [1.82, 2.24) is 16.2 Å². The molecule has 0 radical (unpaired) electrons. The van der Waals surface area contributed by atoms with Gasteiger partial charge in [0.25, 0.3) is 0 Å². The van der Waals surface area contributed by atoms with E-state index in [4.69, 9.17) is 9.47 Å². The van der Waals surface area contributed by atoms with Gasteiger partial charge in [0.1, 0.15) is 13.2 Å². The highest BCUT2D eigenvalue weighted by molar-refractivity contribution is 5.89. The maximum absolute atomic E-state index is 12.0. The van der Waals surface area contributed by atoms with E-state index < -0.39 is 0 Å². The first-order valence-electron chi connectivity index (χ1n) is 8.59. The van der Waals surface area contributed by atoms with Gasteiger partial charge in [0.05, 0.1) is 0 Å². The second kappa shape index (κ2) is 7.72. The number of urea groups is 1. The van der Waals surface area contributed by atoms with Crippen LogP contribution in [0.5, 0.6) is 11.5 Å². The Morgan fingerprint density at radius 3 is 2.62 bits per heavy atom. The van der Waals surface area contributed by atoms with Crippen molar-refractivity contribution in [3.05, 3.63) is 18.2 Å². The van der Waals surface area contributed by atoms with Crippen LogP contribution in [-0.2, 0) is 0 Å². The van der Waals surface area contributed by atoms with Crippen LogP contribution in [0.4, 0.5) is 10.5 Å². The first-order valence-corrected chi connectivity index (χ1v) is 8.59. The molecule has 1 saturated heterocycles. The summed E-state index contributed by atoms with van der Waals surface area (Å²) in [6.45, 7) is 6.12. The number of hydrogen-bond donors (Lipinski definition) is 4. The molecule has 1 aromatic rings. The molecule has 24 heavy (non-hydrogen) atoms.